The highest BCUT2D eigenvalue weighted by atomic mass is 16.5. The molecule has 6 nitrogen and oxygen atoms in total. The number of carbonyl (C=O) groups excluding carboxylic acids is 1. The third-order valence-corrected chi connectivity index (χ3v) is 2.72. The molecule has 0 spiro atoms. The maximum Gasteiger partial charge on any atom is 0.234 e. The van der Waals surface area contributed by atoms with Crippen molar-refractivity contribution in [3.8, 4) is 5.75 Å². The molecule has 0 aliphatic heterocycles. The highest BCUT2D eigenvalue weighted by molar-refractivity contribution is 5.77. The molecule has 1 rings (SSSR count). The van der Waals surface area contributed by atoms with Gasteiger partial charge in [0, 0.05) is 32.0 Å². The lowest BCUT2D eigenvalue weighted by Crippen LogP contribution is -2.36. The number of anilines is 1. The van der Waals surface area contributed by atoms with Crippen LogP contribution in [0.25, 0.3) is 0 Å². The van der Waals surface area contributed by atoms with Crippen LogP contribution in [0.2, 0.25) is 0 Å². The first kappa shape index (κ1) is 16.3. The molecule has 0 aliphatic carbocycles. The van der Waals surface area contributed by atoms with Gasteiger partial charge in [-0.15, -0.1) is 0 Å². The van der Waals surface area contributed by atoms with Crippen molar-refractivity contribution in [1.29, 1.82) is 0 Å². The monoisotopic (exact) mass is 281 g/mol. The third kappa shape index (κ3) is 5.90. The van der Waals surface area contributed by atoms with E-state index in [1.54, 1.807) is 20.3 Å². The van der Waals surface area contributed by atoms with Gasteiger partial charge < -0.3 is 20.5 Å². The Morgan fingerprint density at radius 2 is 2.10 bits per heavy atom. The minimum atomic E-state index is -0.0274. The molecule has 3 N–H and O–H groups in total. The average Bonchev–Trinajstić information content (AvgIpc) is 2.37. The predicted molar refractivity (Wildman–Crippen MR) is 78.6 cm³/mol. The molecule has 0 saturated heterocycles. The Labute approximate surface area is 119 Å². The fourth-order valence-corrected chi connectivity index (χ4v) is 1.86. The van der Waals surface area contributed by atoms with E-state index in [-0.39, 0.29) is 5.91 Å². The van der Waals surface area contributed by atoms with E-state index >= 15 is 0 Å². The molecular weight excluding hydrogens is 258 g/mol. The van der Waals surface area contributed by atoms with E-state index in [0.717, 1.165) is 11.3 Å². The zero-order chi connectivity index (χ0) is 15.0. The summed E-state index contributed by atoms with van der Waals surface area (Å²) in [6.45, 7) is 1.98. The first-order chi connectivity index (χ1) is 9.55. The second-order valence-electron chi connectivity index (χ2n) is 4.63. The maximum atomic E-state index is 11.7. The van der Waals surface area contributed by atoms with E-state index in [2.05, 4.69) is 5.32 Å². The fourth-order valence-electron chi connectivity index (χ4n) is 1.86. The number of ether oxygens (including phenoxy) is 2. The number of amides is 1. The maximum absolute atomic E-state index is 11.7. The topological polar surface area (TPSA) is 76.8 Å². The number of nitrogens with two attached hydrogens (primary N) is 1. The fraction of sp³-hybridized carbons (Fsp3) is 0.500. The van der Waals surface area contributed by atoms with Crippen molar-refractivity contribution in [1.82, 2.24) is 10.2 Å². The standard InChI is InChI=1S/C14H23N3O3/c1-17(10-14(18)16-4-5-19-2)9-11-6-12(15)8-13(7-11)20-3/h6-8H,4-5,9-10,15H2,1-3H3,(H,16,18). The molecule has 6 heteroatoms. The number of hydrogen-bond donors (Lipinski definition) is 2. The number of nitrogen functional groups attached to an aromatic ring is 1. The predicted octanol–water partition coefficient (Wildman–Crippen LogP) is 0.472. The van der Waals surface area contributed by atoms with Crippen molar-refractivity contribution < 1.29 is 14.3 Å². The number of methoxy groups -OCH3 is 2. The van der Waals surface area contributed by atoms with E-state index in [4.69, 9.17) is 15.2 Å². The molecular formula is C14H23N3O3. The second kappa shape index (κ2) is 8.39. The van der Waals surface area contributed by atoms with Gasteiger partial charge in [0.25, 0.3) is 0 Å². The van der Waals surface area contributed by atoms with Crippen LogP contribution in [0.1, 0.15) is 5.56 Å². The molecule has 0 heterocycles. The quantitative estimate of drug-likeness (QED) is 0.535. The Kier molecular flexibility index (Phi) is 6.83. The van der Waals surface area contributed by atoms with Crippen molar-refractivity contribution in [3.63, 3.8) is 0 Å². The molecule has 0 saturated carbocycles. The molecule has 20 heavy (non-hydrogen) atoms. The van der Waals surface area contributed by atoms with E-state index < -0.39 is 0 Å². The first-order valence-electron chi connectivity index (χ1n) is 6.42. The molecule has 0 aromatic heterocycles. The van der Waals surface area contributed by atoms with Gasteiger partial charge in [-0.3, -0.25) is 9.69 Å². The summed E-state index contributed by atoms with van der Waals surface area (Å²) < 4.78 is 10.0. The third-order valence-electron chi connectivity index (χ3n) is 2.72. The van der Waals surface area contributed by atoms with E-state index in [9.17, 15) is 4.79 Å². The van der Waals surface area contributed by atoms with Crippen LogP contribution in [-0.4, -0.2) is 51.8 Å². The molecule has 0 fully saturated rings. The van der Waals surface area contributed by atoms with Gasteiger partial charge in [0.1, 0.15) is 5.75 Å². The van der Waals surface area contributed by atoms with Crippen LogP contribution in [0.15, 0.2) is 18.2 Å². The Hall–Kier alpha value is -1.79. The highest BCUT2D eigenvalue weighted by Crippen LogP contribution is 2.19. The summed E-state index contributed by atoms with van der Waals surface area (Å²) in [4.78, 5) is 13.6. The van der Waals surface area contributed by atoms with Crippen LogP contribution in [0, 0.1) is 0 Å². The smallest absolute Gasteiger partial charge is 0.234 e. The number of nitrogens with zero attached hydrogens (tertiary/aromatic N) is 1. The molecule has 0 atom stereocenters. The second-order valence-corrected chi connectivity index (χ2v) is 4.63. The Bertz CT molecular complexity index is 438. The Morgan fingerprint density at radius 3 is 2.75 bits per heavy atom. The molecule has 112 valence electrons. The largest absolute Gasteiger partial charge is 0.497 e. The van der Waals surface area contributed by atoms with Crippen LogP contribution in [0.4, 0.5) is 5.69 Å². The Morgan fingerprint density at radius 1 is 1.35 bits per heavy atom. The van der Waals surface area contributed by atoms with Crippen molar-refractivity contribution in [3.05, 3.63) is 23.8 Å². The summed E-state index contributed by atoms with van der Waals surface area (Å²) in [5.41, 5.74) is 7.46. The van der Waals surface area contributed by atoms with Gasteiger partial charge >= 0.3 is 0 Å². The van der Waals surface area contributed by atoms with Gasteiger partial charge in [-0.05, 0) is 24.7 Å². The molecule has 1 aromatic rings. The first-order valence-corrected chi connectivity index (χ1v) is 6.42. The zero-order valence-electron chi connectivity index (χ0n) is 12.3. The molecule has 1 amide bonds. The molecule has 0 radical (unpaired) electrons. The SMILES string of the molecule is COCCNC(=O)CN(C)Cc1cc(N)cc(OC)c1. The van der Waals surface area contributed by atoms with Crippen molar-refractivity contribution in [2.45, 2.75) is 6.54 Å². The Balaban J connectivity index is 2.47. The normalized spacial score (nSPS) is 10.6. The number of rotatable bonds is 8. The van der Waals surface area contributed by atoms with Crippen molar-refractivity contribution in [2.75, 3.05) is 46.7 Å². The lowest BCUT2D eigenvalue weighted by atomic mass is 10.2. The molecule has 0 aliphatic rings. The summed E-state index contributed by atoms with van der Waals surface area (Å²) in [6, 6.07) is 5.55. The number of carbonyl (C=O) groups is 1. The number of benzene rings is 1. The van der Waals surface area contributed by atoms with E-state index in [0.29, 0.717) is 31.9 Å². The van der Waals surface area contributed by atoms with Gasteiger partial charge in [0.2, 0.25) is 5.91 Å². The lowest BCUT2D eigenvalue weighted by Gasteiger charge is -2.17. The van der Waals surface area contributed by atoms with Crippen LogP contribution in [0.5, 0.6) is 5.75 Å². The number of nitrogens with one attached hydrogen (secondary N) is 1. The lowest BCUT2D eigenvalue weighted by molar-refractivity contribution is -0.122. The van der Waals surface area contributed by atoms with E-state index in [1.165, 1.54) is 0 Å². The summed E-state index contributed by atoms with van der Waals surface area (Å²) in [5.74, 6) is 0.693. The highest BCUT2D eigenvalue weighted by Gasteiger charge is 2.08. The summed E-state index contributed by atoms with van der Waals surface area (Å²) in [7, 11) is 5.09. The van der Waals surface area contributed by atoms with Crippen LogP contribution >= 0.6 is 0 Å². The number of hydrogen-bond acceptors (Lipinski definition) is 5. The van der Waals surface area contributed by atoms with Crippen LogP contribution in [-0.2, 0) is 16.1 Å². The molecule has 0 unspecified atom stereocenters. The summed E-state index contributed by atoms with van der Waals surface area (Å²) >= 11 is 0. The van der Waals surface area contributed by atoms with Gasteiger partial charge in [-0.25, -0.2) is 0 Å². The van der Waals surface area contributed by atoms with Crippen molar-refractivity contribution >= 4 is 11.6 Å². The molecule has 0 bridgehead atoms. The minimum absolute atomic E-state index is 0.0274. The molecule has 1 aromatic carbocycles. The van der Waals surface area contributed by atoms with Gasteiger partial charge in [-0.2, -0.15) is 0 Å². The van der Waals surface area contributed by atoms with Crippen LogP contribution < -0.4 is 15.8 Å². The van der Waals surface area contributed by atoms with Crippen molar-refractivity contribution in [2.24, 2.45) is 0 Å². The van der Waals surface area contributed by atoms with E-state index in [1.807, 2.05) is 24.1 Å². The van der Waals surface area contributed by atoms with Gasteiger partial charge in [-0.1, -0.05) is 0 Å². The van der Waals surface area contributed by atoms with Gasteiger partial charge in [0.15, 0.2) is 0 Å². The minimum Gasteiger partial charge on any atom is -0.497 e. The summed E-state index contributed by atoms with van der Waals surface area (Å²) in [6.07, 6.45) is 0. The zero-order valence-corrected chi connectivity index (χ0v) is 12.3. The van der Waals surface area contributed by atoms with Gasteiger partial charge in [0.05, 0.1) is 20.3 Å². The number of likely N-dealkylation sites (N-methyl/N-ethyl adjacent to an activating group) is 1. The average molecular weight is 281 g/mol. The van der Waals surface area contributed by atoms with Crippen LogP contribution in [0.3, 0.4) is 0 Å². The summed E-state index contributed by atoms with van der Waals surface area (Å²) in [5, 5.41) is 2.78.